The Kier molecular flexibility index (Phi) is 4.98. The molecule has 2 atom stereocenters. The lowest BCUT2D eigenvalue weighted by atomic mass is 9.94. The van der Waals surface area contributed by atoms with Crippen molar-refractivity contribution in [2.45, 2.75) is 53.2 Å². The predicted octanol–water partition coefficient (Wildman–Crippen LogP) is 2.91. The monoisotopic (exact) mass is 281 g/mol. The Bertz CT molecular complexity index is 400. The van der Waals surface area contributed by atoms with Crippen LogP contribution in [0.25, 0.3) is 0 Å². The summed E-state index contributed by atoms with van der Waals surface area (Å²) in [7, 11) is 0. The fourth-order valence-electron chi connectivity index (χ4n) is 2.80. The summed E-state index contributed by atoms with van der Waals surface area (Å²) in [4.78, 5) is 8.47. The normalized spacial score (nSPS) is 25.4. The number of hydrogen-bond donors (Lipinski definition) is 1. The molecule has 0 aromatic carbocycles. The fraction of sp³-hybridized carbons (Fsp3) is 0.800. The van der Waals surface area contributed by atoms with Crippen LogP contribution in [0.4, 0.5) is 0 Å². The topological polar surface area (TPSA) is 28.2 Å². The van der Waals surface area contributed by atoms with Gasteiger partial charge in [0.05, 0.1) is 11.2 Å². The minimum Gasteiger partial charge on any atom is -0.311 e. The summed E-state index contributed by atoms with van der Waals surface area (Å²) in [5.74, 6) is 1.38. The first kappa shape index (κ1) is 14.9. The average Bonchev–Trinajstić information content (AvgIpc) is 2.74. The first-order chi connectivity index (χ1) is 8.99. The van der Waals surface area contributed by atoms with Gasteiger partial charge in [-0.25, -0.2) is 4.98 Å². The summed E-state index contributed by atoms with van der Waals surface area (Å²) in [6, 6.07) is 1.25. The van der Waals surface area contributed by atoms with E-state index in [9.17, 15) is 0 Å². The maximum absolute atomic E-state index is 4.38. The number of aromatic nitrogens is 1. The van der Waals surface area contributed by atoms with Crippen molar-refractivity contribution in [3.63, 3.8) is 0 Å². The smallest absolute Gasteiger partial charge is 0.0798 e. The molecule has 2 unspecified atom stereocenters. The molecule has 1 N–H and O–H groups in total. The van der Waals surface area contributed by atoms with Gasteiger partial charge in [-0.2, -0.15) is 0 Å². The molecule has 0 amide bonds. The molecular weight excluding hydrogens is 254 g/mol. The Morgan fingerprint density at radius 2 is 2.11 bits per heavy atom. The molecule has 1 aromatic heterocycles. The lowest BCUT2D eigenvalue weighted by molar-refractivity contribution is 0.0791. The molecule has 1 aliphatic heterocycles. The summed E-state index contributed by atoms with van der Waals surface area (Å²) in [6.45, 7) is 14.7. The van der Waals surface area contributed by atoms with Crippen LogP contribution in [0.5, 0.6) is 0 Å². The van der Waals surface area contributed by atoms with E-state index in [2.05, 4.69) is 49.8 Å². The van der Waals surface area contributed by atoms with Crippen molar-refractivity contribution < 1.29 is 0 Å². The third-order valence-corrected chi connectivity index (χ3v) is 5.18. The van der Waals surface area contributed by atoms with E-state index < -0.39 is 0 Å². The highest BCUT2D eigenvalue weighted by Crippen LogP contribution is 2.23. The van der Waals surface area contributed by atoms with Crippen LogP contribution in [-0.4, -0.2) is 35.1 Å². The first-order valence-electron chi connectivity index (χ1n) is 7.35. The Labute approximate surface area is 121 Å². The maximum Gasteiger partial charge on any atom is 0.0798 e. The van der Waals surface area contributed by atoms with E-state index >= 15 is 0 Å². The van der Waals surface area contributed by atoms with Gasteiger partial charge in [0.2, 0.25) is 0 Å². The van der Waals surface area contributed by atoms with E-state index in [4.69, 9.17) is 0 Å². The van der Waals surface area contributed by atoms with Gasteiger partial charge in [-0.3, -0.25) is 4.90 Å². The van der Waals surface area contributed by atoms with Crippen molar-refractivity contribution in [2.24, 2.45) is 11.8 Å². The predicted molar refractivity (Wildman–Crippen MR) is 82.5 cm³/mol. The SMILES string of the molecule is Cc1ncsc1CN1CC(C(C)C)NCC1C(C)C. The van der Waals surface area contributed by atoms with Crippen LogP contribution < -0.4 is 5.32 Å². The molecule has 2 rings (SSSR count). The molecule has 0 aliphatic carbocycles. The van der Waals surface area contributed by atoms with Crippen LogP contribution in [0.15, 0.2) is 5.51 Å². The highest BCUT2D eigenvalue weighted by atomic mass is 32.1. The minimum atomic E-state index is 0.614. The molecule has 1 fully saturated rings. The second-order valence-electron chi connectivity index (χ2n) is 6.36. The molecule has 19 heavy (non-hydrogen) atoms. The zero-order valence-electron chi connectivity index (χ0n) is 12.8. The molecule has 1 aliphatic rings. The van der Waals surface area contributed by atoms with E-state index in [1.54, 1.807) is 11.3 Å². The Hall–Kier alpha value is -0.450. The number of rotatable bonds is 4. The van der Waals surface area contributed by atoms with Gasteiger partial charge in [-0.1, -0.05) is 27.7 Å². The van der Waals surface area contributed by atoms with Crippen molar-refractivity contribution in [1.29, 1.82) is 0 Å². The zero-order valence-corrected chi connectivity index (χ0v) is 13.6. The van der Waals surface area contributed by atoms with Gasteiger partial charge in [0.15, 0.2) is 0 Å². The fourth-order valence-corrected chi connectivity index (χ4v) is 3.60. The Morgan fingerprint density at radius 1 is 1.37 bits per heavy atom. The maximum atomic E-state index is 4.38. The lowest BCUT2D eigenvalue weighted by Gasteiger charge is -2.43. The van der Waals surface area contributed by atoms with Crippen LogP contribution >= 0.6 is 11.3 Å². The summed E-state index contributed by atoms with van der Waals surface area (Å²) < 4.78 is 0. The summed E-state index contributed by atoms with van der Waals surface area (Å²) >= 11 is 1.79. The second-order valence-corrected chi connectivity index (χ2v) is 7.30. The molecular formula is C15H27N3S. The van der Waals surface area contributed by atoms with Crippen LogP contribution in [0.1, 0.15) is 38.3 Å². The molecule has 0 bridgehead atoms. The summed E-state index contributed by atoms with van der Waals surface area (Å²) in [5.41, 5.74) is 3.17. The number of nitrogens with one attached hydrogen (secondary N) is 1. The van der Waals surface area contributed by atoms with Crippen molar-refractivity contribution in [3.8, 4) is 0 Å². The summed E-state index contributed by atoms with van der Waals surface area (Å²) in [6.07, 6.45) is 0. The largest absolute Gasteiger partial charge is 0.311 e. The highest BCUT2D eigenvalue weighted by Gasteiger charge is 2.31. The van der Waals surface area contributed by atoms with Gasteiger partial charge < -0.3 is 5.32 Å². The molecule has 0 saturated carbocycles. The molecule has 4 heteroatoms. The first-order valence-corrected chi connectivity index (χ1v) is 8.23. The highest BCUT2D eigenvalue weighted by molar-refractivity contribution is 7.09. The van der Waals surface area contributed by atoms with Gasteiger partial charge in [-0.05, 0) is 18.8 Å². The Balaban J connectivity index is 2.09. The van der Waals surface area contributed by atoms with Gasteiger partial charge in [0.25, 0.3) is 0 Å². The third kappa shape index (κ3) is 3.56. The molecule has 1 aromatic rings. The second kappa shape index (κ2) is 6.33. The summed E-state index contributed by atoms with van der Waals surface area (Å²) in [5, 5.41) is 3.72. The van der Waals surface area contributed by atoms with Crippen LogP contribution in [0.3, 0.4) is 0 Å². The number of nitrogens with zero attached hydrogens (tertiary/aromatic N) is 2. The van der Waals surface area contributed by atoms with E-state index in [0.717, 1.165) is 19.6 Å². The Morgan fingerprint density at radius 3 is 2.63 bits per heavy atom. The van der Waals surface area contributed by atoms with Crippen LogP contribution in [-0.2, 0) is 6.54 Å². The van der Waals surface area contributed by atoms with Crippen LogP contribution in [0, 0.1) is 18.8 Å². The van der Waals surface area contributed by atoms with E-state index in [1.165, 1.54) is 10.6 Å². The number of piperazine rings is 1. The van der Waals surface area contributed by atoms with E-state index in [0.29, 0.717) is 23.9 Å². The molecule has 3 nitrogen and oxygen atoms in total. The van der Waals surface area contributed by atoms with Crippen molar-refractivity contribution in [2.75, 3.05) is 13.1 Å². The molecule has 2 heterocycles. The molecule has 0 radical (unpaired) electrons. The van der Waals surface area contributed by atoms with Crippen molar-refractivity contribution in [1.82, 2.24) is 15.2 Å². The average molecular weight is 281 g/mol. The van der Waals surface area contributed by atoms with Gasteiger partial charge in [0.1, 0.15) is 0 Å². The zero-order chi connectivity index (χ0) is 14.0. The number of thiazole rings is 1. The van der Waals surface area contributed by atoms with Crippen LogP contribution in [0.2, 0.25) is 0 Å². The third-order valence-electron chi connectivity index (χ3n) is 4.26. The van der Waals surface area contributed by atoms with E-state index in [1.807, 2.05) is 5.51 Å². The molecule has 0 spiro atoms. The van der Waals surface area contributed by atoms with Crippen molar-refractivity contribution >= 4 is 11.3 Å². The molecule has 108 valence electrons. The minimum absolute atomic E-state index is 0.614. The quantitative estimate of drug-likeness (QED) is 0.920. The van der Waals surface area contributed by atoms with Gasteiger partial charge >= 0.3 is 0 Å². The number of hydrogen-bond acceptors (Lipinski definition) is 4. The van der Waals surface area contributed by atoms with E-state index in [-0.39, 0.29) is 0 Å². The lowest BCUT2D eigenvalue weighted by Crippen LogP contribution is -2.59. The van der Waals surface area contributed by atoms with Gasteiger partial charge in [0, 0.05) is 36.6 Å². The van der Waals surface area contributed by atoms with Gasteiger partial charge in [-0.15, -0.1) is 11.3 Å². The standard InChI is InChI=1S/C15H27N3S/c1-10(2)13-7-18(14(6-16-13)11(3)4)8-15-12(5)17-9-19-15/h9-11,13-14,16H,6-8H2,1-5H3. The molecule has 1 saturated heterocycles. The van der Waals surface area contributed by atoms with Crippen molar-refractivity contribution in [3.05, 3.63) is 16.1 Å². The number of aryl methyl sites for hydroxylation is 1.